The number of nitrogens with zero attached hydrogens (tertiary/aromatic N) is 4. The molecular weight excluding hydrogens is 382 g/mol. The summed E-state index contributed by atoms with van der Waals surface area (Å²) in [6.07, 6.45) is 4.26. The van der Waals surface area contributed by atoms with Crippen LogP contribution in [0, 0.1) is 0 Å². The number of carbonyl (C=O) groups is 1. The van der Waals surface area contributed by atoms with Crippen LogP contribution >= 0.6 is 0 Å². The van der Waals surface area contributed by atoms with Gasteiger partial charge in [-0.25, -0.2) is 12.7 Å². The van der Waals surface area contributed by atoms with Crippen molar-refractivity contribution in [1.29, 1.82) is 0 Å². The smallest absolute Gasteiger partial charge is 0.281 e. The molecule has 10 nitrogen and oxygen atoms in total. The average Bonchev–Trinajstić information content (AvgIpc) is 3.26. The molecule has 0 atom stereocenters. The summed E-state index contributed by atoms with van der Waals surface area (Å²) in [7, 11) is -3.18. The number of rotatable bonds is 4. The molecule has 11 heteroatoms. The molecule has 148 valence electrons. The second kappa shape index (κ2) is 6.91. The van der Waals surface area contributed by atoms with Crippen molar-refractivity contribution < 1.29 is 13.2 Å². The fourth-order valence-corrected chi connectivity index (χ4v) is 4.23. The lowest BCUT2D eigenvalue weighted by Crippen LogP contribution is -2.42. The fraction of sp³-hybridized carbons (Fsp3) is 0.353. The maximum absolute atomic E-state index is 12.8. The Balaban J connectivity index is 1.47. The highest BCUT2D eigenvalue weighted by atomic mass is 32.2. The third-order valence-electron chi connectivity index (χ3n) is 4.88. The average molecular weight is 403 g/mol. The van der Waals surface area contributed by atoms with Crippen molar-refractivity contribution in [3.8, 4) is 0 Å². The summed E-state index contributed by atoms with van der Waals surface area (Å²) in [6, 6.07) is 7.24. The van der Waals surface area contributed by atoms with Crippen molar-refractivity contribution in [3.63, 3.8) is 0 Å². The number of benzene rings is 1. The van der Waals surface area contributed by atoms with E-state index in [4.69, 9.17) is 5.73 Å². The first-order valence-corrected chi connectivity index (χ1v) is 10.7. The van der Waals surface area contributed by atoms with Crippen LogP contribution in [0.2, 0.25) is 0 Å². The van der Waals surface area contributed by atoms with E-state index in [1.807, 2.05) is 12.1 Å². The molecule has 0 saturated carbocycles. The van der Waals surface area contributed by atoms with Crippen molar-refractivity contribution in [2.45, 2.75) is 18.9 Å². The molecular formula is C17H21N7O3S. The van der Waals surface area contributed by atoms with Crippen LogP contribution in [0.3, 0.4) is 0 Å². The first kappa shape index (κ1) is 18.4. The summed E-state index contributed by atoms with van der Waals surface area (Å²) < 4.78 is 25.7. The predicted octanol–water partition coefficient (Wildman–Crippen LogP) is 0.866. The molecule has 4 rings (SSSR count). The van der Waals surface area contributed by atoms with Crippen molar-refractivity contribution in [2.24, 2.45) is 0 Å². The van der Waals surface area contributed by atoms with E-state index in [9.17, 15) is 13.2 Å². The molecule has 2 aromatic heterocycles. The third-order valence-corrected chi connectivity index (χ3v) is 6.19. The quantitative estimate of drug-likeness (QED) is 0.587. The summed E-state index contributed by atoms with van der Waals surface area (Å²) in [4.78, 5) is 20.0. The summed E-state index contributed by atoms with van der Waals surface area (Å²) in [5.41, 5.74) is 7.18. The monoisotopic (exact) mass is 403 g/mol. The van der Waals surface area contributed by atoms with E-state index in [0.717, 1.165) is 15.6 Å². The molecule has 1 fully saturated rings. The van der Waals surface area contributed by atoms with Gasteiger partial charge in [-0.05, 0) is 36.4 Å². The number of aromatic nitrogens is 4. The number of hydrogen-bond donors (Lipinski definition) is 3. The van der Waals surface area contributed by atoms with Crippen LogP contribution in [0.4, 0.5) is 11.9 Å². The van der Waals surface area contributed by atoms with E-state index in [-0.39, 0.29) is 23.8 Å². The van der Waals surface area contributed by atoms with Gasteiger partial charge in [-0.15, -0.1) is 5.10 Å². The van der Waals surface area contributed by atoms with Gasteiger partial charge in [0.1, 0.15) is 0 Å². The molecule has 0 amide bonds. The summed E-state index contributed by atoms with van der Waals surface area (Å²) in [6.45, 7) is 0.865. The van der Waals surface area contributed by atoms with Gasteiger partial charge >= 0.3 is 0 Å². The molecule has 0 bridgehead atoms. The Bertz CT molecular complexity index is 1130. The Kier molecular flexibility index (Phi) is 4.55. The lowest BCUT2D eigenvalue weighted by atomic mass is 10.1. The second-order valence-electron chi connectivity index (χ2n) is 6.87. The molecule has 3 heterocycles. The standard InChI is InChI=1S/C17H21N7O3S/c1-28(26,27)23-8-5-13(6-9-23)20-17-21-16(18)24(22-17)15(25)12-3-2-11-4-7-19-14(11)10-12/h2-4,7,10,13,19H,5-6,8-9H2,1H3,(H3,18,20,21,22). The van der Waals surface area contributed by atoms with E-state index in [1.54, 1.807) is 18.3 Å². The Morgan fingerprint density at radius 3 is 2.75 bits per heavy atom. The number of fused-ring (bicyclic) bond motifs is 1. The van der Waals surface area contributed by atoms with Gasteiger partial charge in [-0.3, -0.25) is 4.79 Å². The Hall–Kier alpha value is -2.92. The number of hydrogen-bond acceptors (Lipinski definition) is 7. The van der Waals surface area contributed by atoms with E-state index in [0.29, 0.717) is 31.5 Å². The van der Waals surface area contributed by atoms with Gasteiger partial charge in [0, 0.05) is 36.4 Å². The molecule has 1 aliphatic heterocycles. The zero-order chi connectivity index (χ0) is 19.9. The van der Waals surface area contributed by atoms with Gasteiger partial charge in [-0.1, -0.05) is 6.07 Å². The van der Waals surface area contributed by atoms with Crippen molar-refractivity contribution in [2.75, 3.05) is 30.4 Å². The maximum atomic E-state index is 12.8. The van der Waals surface area contributed by atoms with E-state index < -0.39 is 10.0 Å². The number of anilines is 2. The molecule has 3 aromatic rings. The number of nitrogens with two attached hydrogens (primary N) is 1. The van der Waals surface area contributed by atoms with Gasteiger partial charge in [-0.2, -0.15) is 9.67 Å². The van der Waals surface area contributed by atoms with Crippen LogP contribution in [0.15, 0.2) is 30.5 Å². The predicted molar refractivity (Wildman–Crippen MR) is 106 cm³/mol. The highest BCUT2D eigenvalue weighted by Gasteiger charge is 2.26. The van der Waals surface area contributed by atoms with E-state index >= 15 is 0 Å². The van der Waals surface area contributed by atoms with Gasteiger partial charge in [0.05, 0.1) is 6.26 Å². The molecule has 1 aromatic carbocycles. The minimum Gasteiger partial charge on any atom is -0.368 e. The highest BCUT2D eigenvalue weighted by Crippen LogP contribution is 2.19. The number of carbonyl (C=O) groups excluding carboxylic acids is 1. The zero-order valence-corrected chi connectivity index (χ0v) is 16.1. The summed E-state index contributed by atoms with van der Waals surface area (Å²) in [5.74, 6) is -0.126. The van der Waals surface area contributed by atoms with Crippen molar-refractivity contribution in [3.05, 3.63) is 36.0 Å². The van der Waals surface area contributed by atoms with Gasteiger partial charge in [0.25, 0.3) is 5.91 Å². The normalized spacial score (nSPS) is 16.5. The summed E-state index contributed by atoms with van der Waals surface area (Å²) in [5, 5.41) is 8.34. The highest BCUT2D eigenvalue weighted by molar-refractivity contribution is 7.88. The van der Waals surface area contributed by atoms with Gasteiger partial charge in [0.2, 0.25) is 21.9 Å². The molecule has 1 aliphatic rings. The largest absolute Gasteiger partial charge is 0.368 e. The molecule has 0 spiro atoms. The SMILES string of the molecule is CS(=O)(=O)N1CCC(Nc2nc(N)n(C(=O)c3ccc4cc[nH]c4c3)n2)CC1. The first-order chi connectivity index (χ1) is 13.3. The van der Waals surface area contributed by atoms with Crippen molar-refractivity contribution >= 4 is 38.7 Å². The van der Waals surface area contributed by atoms with Crippen molar-refractivity contribution in [1.82, 2.24) is 24.1 Å². The van der Waals surface area contributed by atoms with Crippen LogP contribution in [0.25, 0.3) is 10.9 Å². The van der Waals surface area contributed by atoms with Crippen LogP contribution < -0.4 is 11.1 Å². The number of aromatic amines is 1. The second-order valence-corrected chi connectivity index (χ2v) is 8.85. The minimum atomic E-state index is -3.18. The molecule has 1 saturated heterocycles. The van der Waals surface area contributed by atoms with Crippen LogP contribution in [0.1, 0.15) is 23.2 Å². The first-order valence-electron chi connectivity index (χ1n) is 8.87. The van der Waals surface area contributed by atoms with Crippen LogP contribution in [-0.4, -0.2) is 63.8 Å². The Morgan fingerprint density at radius 2 is 2.04 bits per heavy atom. The molecule has 28 heavy (non-hydrogen) atoms. The Labute approximate surface area is 161 Å². The van der Waals surface area contributed by atoms with Gasteiger partial charge < -0.3 is 16.0 Å². The number of nitrogen functional groups attached to an aromatic ring is 1. The van der Waals surface area contributed by atoms with Crippen LogP contribution in [0.5, 0.6) is 0 Å². The molecule has 4 N–H and O–H groups in total. The summed E-state index contributed by atoms with van der Waals surface area (Å²) >= 11 is 0. The number of piperidine rings is 1. The topological polar surface area (TPSA) is 139 Å². The zero-order valence-electron chi connectivity index (χ0n) is 15.3. The molecule has 0 aliphatic carbocycles. The van der Waals surface area contributed by atoms with E-state index in [1.165, 1.54) is 10.6 Å². The third kappa shape index (κ3) is 3.58. The minimum absolute atomic E-state index is 0.00680. The fourth-order valence-electron chi connectivity index (χ4n) is 3.35. The molecule has 0 radical (unpaired) electrons. The maximum Gasteiger partial charge on any atom is 0.281 e. The van der Waals surface area contributed by atoms with E-state index in [2.05, 4.69) is 20.4 Å². The van der Waals surface area contributed by atoms with Gasteiger partial charge in [0.15, 0.2) is 0 Å². The Morgan fingerprint density at radius 1 is 1.29 bits per heavy atom. The molecule has 0 unspecified atom stereocenters. The number of nitrogens with one attached hydrogen (secondary N) is 2. The lowest BCUT2D eigenvalue weighted by Gasteiger charge is -2.30. The number of sulfonamides is 1. The number of H-pyrrole nitrogens is 1. The lowest BCUT2D eigenvalue weighted by molar-refractivity contribution is 0.0948. The van der Waals surface area contributed by atoms with Crippen LogP contribution in [-0.2, 0) is 10.0 Å².